The smallest absolute Gasteiger partial charge is 0.172 e. The molecule has 4 nitrogen and oxygen atoms in total. The second-order valence-electron chi connectivity index (χ2n) is 2.54. The Morgan fingerprint density at radius 1 is 1.43 bits per heavy atom. The first-order valence-corrected chi connectivity index (χ1v) is 3.72. The van der Waals surface area contributed by atoms with Crippen molar-refractivity contribution in [1.82, 2.24) is 5.48 Å². The molecule has 0 aliphatic heterocycles. The van der Waals surface area contributed by atoms with Crippen molar-refractivity contribution < 1.29 is 23.8 Å². The Bertz CT molecular complexity index is 344. The topological polar surface area (TPSA) is 61.7 Å². The molecule has 1 aromatic carbocycles. The van der Waals surface area contributed by atoms with Crippen molar-refractivity contribution in [2.75, 3.05) is 7.11 Å². The van der Waals surface area contributed by atoms with Crippen molar-refractivity contribution in [3.63, 3.8) is 0 Å². The maximum absolute atomic E-state index is 13.3. The Kier molecular flexibility index (Phi) is 3.21. The SMILES string of the molecule is COc1cc(O)c(F)c(CNO)c1F. The van der Waals surface area contributed by atoms with Crippen molar-refractivity contribution in [2.24, 2.45) is 0 Å². The average Bonchev–Trinajstić information content (AvgIpc) is 2.18. The van der Waals surface area contributed by atoms with Gasteiger partial charge in [0.25, 0.3) is 0 Å². The summed E-state index contributed by atoms with van der Waals surface area (Å²) in [4.78, 5) is 0. The molecule has 0 atom stereocenters. The zero-order valence-electron chi connectivity index (χ0n) is 7.34. The Morgan fingerprint density at radius 2 is 2.07 bits per heavy atom. The van der Waals surface area contributed by atoms with Crippen molar-refractivity contribution in [3.05, 3.63) is 23.3 Å². The van der Waals surface area contributed by atoms with E-state index in [2.05, 4.69) is 4.74 Å². The third kappa shape index (κ3) is 1.75. The summed E-state index contributed by atoms with van der Waals surface area (Å²) in [5.74, 6) is -3.09. The molecule has 0 spiro atoms. The van der Waals surface area contributed by atoms with E-state index < -0.39 is 29.5 Å². The Hall–Kier alpha value is -1.40. The van der Waals surface area contributed by atoms with Crippen LogP contribution < -0.4 is 10.2 Å². The van der Waals surface area contributed by atoms with Crippen LogP contribution in [0.2, 0.25) is 0 Å². The molecule has 14 heavy (non-hydrogen) atoms. The number of hydroxylamine groups is 1. The quantitative estimate of drug-likeness (QED) is 0.648. The molecule has 0 amide bonds. The largest absolute Gasteiger partial charge is 0.505 e. The summed E-state index contributed by atoms with van der Waals surface area (Å²) in [6, 6.07) is 0.825. The van der Waals surface area contributed by atoms with Crippen LogP contribution in [0.4, 0.5) is 8.78 Å². The van der Waals surface area contributed by atoms with Gasteiger partial charge in [0.1, 0.15) is 0 Å². The molecule has 1 rings (SSSR count). The van der Waals surface area contributed by atoms with E-state index in [4.69, 9.17) is 10.3 Å². The van der Waals surface area contributed by atoms with Gasteiger partial charge in [0.2, 0.25) is 0 Å². The number of rotatable bonds is 3. The fraction of sp³-hybridized carbons (Fsp3) is 0.250. The summed E-state index contributed by atoms with van der Waals surface area (Å²) in [5, 5.41) is 17.3. The first-order chi connectivity index (χ1) is 6.61. The van der Waals surface area contributed by atoms with E-state index in [1.54, 1.807) is 5.48 Å². The van der Waals surface area contributed by atoms with Gasteiger partial charge in [0.05, 0.1) is 13.7 Å². The molecule has 0 aliphatic carbocycles. The normalized spacial score (nSPS) is 10.3. The zero-order valence-corrected chi connectivity index (χ0v) is 7.34. The van der Waals surface area contributed by atoms with Crippen LogP contribution in [-0.2, 0) is 6.54 Å². The minimum Gasteiger partial charge on any atom is -0.505 e. The first-order valence-electron chi connectivity index (χ1n) is 3.72. The number of aromatic hydroxyl groups is 1. The van der Waals surface area contributed by atoms with Gasteiger partial charge in [0.15, 0.2) is 23.1 Å². The molecule has 0 saturated carbocycles. The summed E-state index contributed by atoms with van der Waals surface area (Å²) in [7, 11) is 1.19. The highest BCUT2D eigenvalue weighted by Gasteiger charge is 2.18. The van der Waals surface area contributed by atoms with Crippen molar-refractivity contribution in [3.8, 4) is 11.5 Å². The highest BCUT2D eigenvalue weighted by atomic mass is 19.1. The molecule has 0 bridgehead atoms. The lowest BCUT2D eigenvalue weighted by molar-refractivity contribution is 0.158. The molecule has 6 heteroatoms. The summed E-state index contributed by atoms with van der Waals surface area (Å²) in [6.45, 7) is -0.456. The van der Waals surface area contributed by atoms with Crippen LogP contribution in [0.1, 0.15) is 5.56 Å². The molecule has 78 valence electrons. The van der Waals surface area contributed by atoms with E-state index in [9.17, 15) is 8.78 Å². The third-order valence-electron chi connectivity index (χ3n) is 1.71. The molecular formula is C8H9F2NO3. The van der Waals surface area contributed by atoms with Crippen molar-refractivity contribution >= 4 is 0 Å². The highest BCUT2D eigenvalue weighted by molar-refractivity contribution is 5.40. The number of nitrogens with one attached hydrogen (secondary N) is 1. The Balaban J connectivity index is 3.29. The van der Waals surface area contributed by atoms with Crippen LogP contribution in [0, 0.1) is 11.6 Å². The summed E-state index contributed by atoms with van der Waals surface area (Å²) < 4.78 is 30.9. The number of phenols is 1. The van der Waals surface area contributed by atoms with Gasteiger partial charge in [-0.3, -0.25) is 0 Å². The van der Waals surface area contributed by atoms with Crippen LogP contribution >= 0.6 is 0 Å². The van der Waals surface area contributed by atoms with Gasteiger partial charge >= 0.3 is 0 Å². The number of phenolic OH excluding ortho intramolecular Hbond substituents is 1. The van der Waals surface area contributed by atoms with Crippen molar-refractivity contribution in [1.29, 1.82) is 0 Å². The molecular weight excluding hydrogens is 196 g/mol. The average molecular weight is 205 g/mol. The van der Waals surface area contributed by atoms with E-state index in [-0.39, 0.29) is 5.75 Å². The second kappa shape index (κ2) is 4.21. The van der Waals surface area contributed by atoms with E-state index in [1.807, 2.05) is 0 Å². The van der Waals surface area contributed by atoms with E-state index >= 15 is 0 Å². The fourth-order valence-electron chi connectivity index (χ4n) is 1.03. The number of ether oxygens (including phenoxy) is 1. The lowest BCUT2D eigenvalue weighted by Crippen LogP contribution is -2.11. The Labute approximate surface area is 78.7 Å². The van der Waals surface area contributed by atoms with Crippen LogP contribution in [0.3, 0.4) is 0 Å². The van der Waals surface area contributed by atoms with Gasteiger partial charge in [-0.05, 0) is 0 Å². The first kappa shape index (κ1) is 10.7. The van der Waals surface area contributed by atoms with Gasteiger partial charge in [-0.15, -0.1) is 0 Å². The van der Waals surface area contributed by atoms with Crippen LogP contribution in [-0.4, -0.2) is 17.4 Å². The monoisotopic (exact) mass is 205 g/mol. The molecule has 0 saturated heterocycles. The van der Waals surface area contributed by atoms with Gasteiger partial charge in [-0.1, -0.05) is 0 Å². The zero-order chi connectivity index (χ0) is 10.7. The number of hydrogen-bond acceptors (Lipinski definition) is 4. The predicted molar refractivity (Wildman–Crippen MR) is 43.2 cm³/mol. The summed E-state index contributed by atoms with van der Waals surface area (Å²) in [6.07, 6.45) is 0. The van der Waals surface area contributed by atoms with E-state index in [1.165, 1.54) is 7.11 Å². The third-order valence-corrected chi connectivity index (χ3v) is 1.71. The minimum atomic E-state index is -1.12. The van der Waals surface area contributed by atoms with Gasteiger partial charge in [-0.2, -0.15) is 0 Å². The molecule has 0 radical (unpaired) electrons. The van der Waals surface area contributed by atoms with Crippen molar-refractivity contribution in [2.45, 2.75) is 6.54 Å². The van der Waals surface area contributed by atoms with Crippen LogP contribution in [0.25, 0.3) is 0 Å². The lowest BCUT2D eigenvalue weighted by atomic mass is 10.1. The molecule has 0 heterocycles. The number of hydrogen-bond donors (Lipinski definition) is 3. The maximum atomic E-state index is 13.3. The number of methoxy groups -OCH3 is 1. The standard InChI is InChI=1S/C8H9F2NO3/c1-14-6-2-5(12)7(9)4(3-11-13)8(6)10/h2,11-13H,3H2,1H3. The maximum Gasteiger partial charge on any atom is 0.172 e. The summed E-state index contributed by atoms with van der Waals surface area (Å²) >= 11 is 0. The molecule has 1 aromatic rings. The van der Waals surface area contributed by atoms with Crippen LogP contribution in [0.15, 0.2) is 6.07 Å². The van der Waals surface area contributed by atoms with E-state index in [0.29, 0.717) is 0 Å². The molecule has 3 N–H and O–H groups in total. The number of benzene rings is 1. The molecule has 0 fully saturated rings. The van der Waals surface area contributed by atoms with E-state index in [0.717, 1.165) is 6.07 Å². The molecule has 0 aromatic heterocycles. The number of halogens is 2. The second-order valence-corrected chi connectivity index (χ2v) is 2.54. The van der Waals surface area contributed by atoms with Crippen LogP contribution in [0.5, 0.6) is 11.5 Å². The fourth-order valence-corrected chi connectivity index (χ4v) is 1.03. The highest BCUT2D eigenvalue weighted by Crippen LogP contribution is 2.30. The Morgan fingerprint density at radius 3 is 2.57 bits per heavy atom. The molecule has 0 aliphatic rings. The lowest BCUT2D eigenvalue weighted by Gasteiger charge is -2.09. The minimum absolute atomic E-state index is 0.283. The van der Waals surface area contributed by atoms with Gasteiger partial charge in [-0.25, -0.2) is 14.3 Å². The van der Waals surface area contributed by atoms with Gasteiger partial charge in [0, 0.05) is 11.6 Å². The molecule has 0 unspecified atom stereocenters. The predicted octanol–water partition coefficient (Wildman–Crippen LogP) is 1.16. The summed E-state index contributed by atoms with van der Waals surface area (Å²) in [5.41, 5.74) is 1.12. The van der Waals surface area contributed by atoms with Gasteiger partial charge < -0.3 is 15.1 Å².